The predicted molar refractivity (Wildman–Crippen MR) is 98.1 cm³/mol. The van der Waals surface area contributed by atoms with Crippen molar-refractivity contribution in [1.29, 1.82) is 0 Å². The number of nitrogens with two attached hydrogens (primary N) is 1. The smallest absolute Gasteiger partial charge is 0.255 e. The second kappa shape index (κ2) is 9.15. The van der Waals surface area contributed by atoms with E-state index in [0.717, 1.165) is 0 Å². The van der Waals surface area contributed by atoms with Crippen LogP contribution in [0.2, 0.25) is 5.02 Å². The summed E-state index contributed by atoms with van der Waals surface area (Å²) in [6.07, 6.45) is 0. The van der Waals surface area contributed by atoms with Crippen LogP contribution < -0.4 is 25.3 Å². The number of carbonyl (C=O) groups excluding carboxylic acids is 1. The van der Waals surface area contributed by atoms with Crippen LogP contribution in [0.4, 0.5) is 5.69 Å². The molecule has 0 aromatic heterocycles. The van der Waals surface area contributed by atoms with Gasteiger partial charge in [-0.05, 0) is 43.3 Å². The average molecular weight is 365 g/mol. The minimum absolute atomic E-state index is 0.307. The molecule has 0 saturated carbocycles. The fourth-order valence-electron chi connectivity index (χ4n) is 2.15. The van der Waals surface area contributed by atoms with Crippen molar-refractivity contribution < 1.29 is 19.0 Å². The zero-order valence-corrected chi connectivity index (χ0v) is 14.9. The van der Waals surface area contributed by atoms with Crippen LogP contribution in [0.3, 0.4) is 0 Å². The lowest BCUT2D eigenvalue weighted by Gasteiger charge is -2.13. The van der Waals surface area contributed by atoms with Gasteiger partial charge in [0.2, 0.25) is 0 Å². The Balaban J connectivity index is 2.13. The lowest BCUT2D eigenvalue weighted by Crippen LogP contribution is -2.13. The number of amides is 1. The number of halogens is 1. The van der Waals surface area contributed by atoms with E-state index in [1.807, 2.05) is 6.92 Å². The van der Waals surface area contributed by atoms with Gasteiger partial charge in [-0.2, -0.15) is 0 Å². The molecule has 3 N–H and O–H groups in total. The van der Waals surface area contributed by atoms with Gasteiger partial charge in [-0.3, -0.25) is 4.79 Å². The number of rotatable bonds is 8. The minimum atomic E-state index is -0.307. The standard InChI is InChI=1S/C18H21ClN2O4/c1-3-24-17-15(19)10-12(11-16(17)23-2)18(22)21-13-4-6-14(7-5-13)25-9-8-20/h4-7,10-11H,3,8-9,20H2,1-2H3,(H,21,22). The Labute approximate surface area is 151 Å². The summed E-state index contributed by atoms with van der Waals surface area (Å²) >= 11 is 6.20. The van der Waals surface area contributed by atoms with Gasteiger partial charge in [0.05, 0.1) is 18.7 Å². The van der Waals surface area contributed by atoms with E-state index in [9.17, 15) is 4.79 Å². The van der Waals surface area contributed by atoms with Crippen LogP contribution in [0.5, 0.6) is 17.2 Å². The number of hydrogen-bond acceptors (Lipinski definition) is 5. The van der Waals surface area contributed by atoms with Crippen LogP contribution in [-0.2, 0) is 0 Å². The molecule has 0 aliphatic carbocycles. The fraction of sp³-hybridized carbons (Fsp3) is 0.278. The maximum absolute atomic E-state index is 12.4. The molecule has 0 atom stereocenters. The Bertz CT molecular complexity index is 720. The van der Waals surface area contributed by atoms with Crippen LogP contribution in [0.15, 0.2) is 36.4 Å². The topological polar surface area (TPSA) is 82.8 Å². The number of anilines is 1. The maximum Gasteiger partial charge on any atom is 0.255 e. The van der Waals surface area contributed by atoms with E-state index in [0.29, 0.717) is 53.3 Å². The summed E-state index contributed by atoms with van der Waals surface area (Å²) in [6, 6.07) is 10.1. The van der Waals surface area contributed by atoms with Crippen molar-refractivity contribution in [2.45, 2.75) is 6.92 Å². The van der Waals surface area contributed by atoms with Gasteiger partial charge in [0.1, 0.15) is 12.4 Å². The third kappa shape index (κ3) is 5.01. The van der Waals surface area contributed by atoms with Gasteiger partial charge in [-0.15, -0.1) is 0 Å². The van der Waals surface area contributed by atoms with Crippen molar-refractivity contribution in [3.8, 4) is 17.2 Å². The number of benzene rings is 2. The SMILES string of the molecule is CCOc1c(Cl)cc(C(=O)Nc2ccc(OCCN)cc2)cc1OC. The highest BCUT2D eigenvalue weighted by Crippen LogP contribution is 2.36. The molecule has 2 aromatic rings. The summed E-state index contributed by atoms with van der Waals surface area (Å²) in [5.41, 5.74) is 6.39. The number of methoxy groups -OCH3 is 1. The molecule has 0 aliphatic rings. The lowest BCUT2D eigenvalue weighted by molar-refractivity contribution is 0.102. The Morgan fingerprint density at radius 3 is 2.52 bits per heavy atom. The molecule has 7 heteroatoms. The molecular formula is C18H21ClN2O4. The molecule has 0 unspecified atom stereocenters. The summed E-state index contributed by atoms with van der Waals surface area (Å²) in [5, 5.41) is 3.11. The maximum atomic E-state index is 12.4. The van der Waals surface area contributed by atoms with Gasteiger partial charge < -0.3 is 25.3 Å². The van der Waals surface area contributed by atoms with E-state index in [1.54, 1.807) is 36.4 Å². The molecule has 2 rings (SSSR count). The van der Waals surface area contributed by atoms with E-state index in [1.165, 1.54) is 7.11 Å². The molecule has 0 bridgehead atoms. The first-order valence-electron chi connectivity index (χ1n) is 7.83. The number of nitrogens with one attached hydrogen (secondary N) is 1. The molecule has 2 aromatic carbocycles. The van der Waals surface area contributed by atoms with E-state index in [2.05, 4.69) is 5.32 Å². The summed E-state index contributed by atoms with van der Waals surface area (Å²) in [4.78, 5) is 12.4. The molecule has 0 fully saturated rings. The van der Waals surface area contributed by atoms with Crippen LogP contribution in [0, 0.1) is 0 Å². The van der Waals surface area contributed by atoms with E-state index >= 15 is 0 Å². The number of ether oxygens (including phenoxy) is 3. The van der Waals surface area contributed by atoms with Crippen molar-refractivity contribution in [2.24, 2.45) is 5.73 Å². The molecule has 0 radical (unpaired) electrons. The first-order chi connectivity index (χ1) is 12.1. The minimum Gasteiger partial charge on any atom is -0.493 e. The zero-order chi connectivity index (χ0) is 18.2. The van der Waals surface area contributed by atoms with Gasteiger partial charge in [0.25, 0.3) is 5.91 Å². The van der Waals surface area contributed by atoms with Crippen molar-refractivity contribution >= 4 is 23.2 Å². The highest BCUT2D eigenvalue weighted by atomic mass is 35.5. The largest absolute Gasteiger partial charge is 0.493 e. The van der Waals surface area contributed by atoms with E-state index in [4.69, 9.17) is 31.5 Å². The molecule has 0 heterocycles. The summed E-state index contributed by atoms with van der Waals surface area (Å²) < 4.78 is 16.1. The summed E-state index contributed by atoms with van der Waals surface area (Å²) in [5.74, 6) is 1.21. The molecule has 6 nitrogen and oxygen atoms in total. The normalized spacial score (nSPS) is 10.2. The van der Waals surface area contributed by atoms with Crippen LogP contribution in [-0.4, -0.2) is 32.8 Å². The first kappa shape index (κ1) is 18.9. The van der Waals surface area contributed by atoms with E-state index < -0.39 is 0 Å². The third-order valence-corrected chi connectivity index (χ3v) is 3.56. The highest BCUT2D eigenvalue weighted by Gasteiger charge is 2.16. The molecular weight excluding hydrogens is 344 g/mol. The molecule has 0 spiro atoms. The quantitative estimate of drug-likeness (QED) is 0.750. The van der Waals surface area contributed by atoms with Crippen molar-refractivity contribution in [3.63, 3.8) is 0 Å². The molecule has 134 valence electrons. The van der Waals surface area contributed by atoms with Gasteiger partial charge >= 0.3 is 0 Å². The first-order valence-corrected chi connectivity index (χ1v) is 8.21. The van der Waals surface area contributed by atoms with E-state index in [-0.39, 0.29) is 5.91 Å². The second-order valence-corrected chi connectivity index (χ2v) is 5.45. The van der Waals surface area contributed by atoms with Gasteiger partial charge in [0.15, 0.2) is 11.5 Å². The summed E-state index contributed by atoms with van der Waals surface area (Å²) in [6.45, 7) is 3.17. The Hall–Kier alpha value is -2.44. The van der Waals surface area contributed by atoms with Crippen LogP contribution in [0.1, 0.15) is 17.3 Å². The predicted octanol–water partition coefficient (Wildman–Crippen LogP) is 3.34. The lowest BCUT2D eigenvalue weighted by atomic mass is 10.1. The van der Waals surface area contributed by atoms with Crippen molar-refractivity contribution in [1.82, 2.24) is 0 Å². The molecule has 0 saturated heterocycles. The second-order valence-electron chi connectivity index (χ2n) is 5.04. The van der Waals surface area contributed by atoms with Crippen molar-refractivity contribution in [3.05, 3.63) is 47.0 Å². The van der Waals surface area contributed by atoms with Crippen LogP contribution in [0.25, 0.3) is 0 Å². The Kier molecular flexibility index (Phi) is 6.91. The van der Waals surface area contributed by atoms with Gasteiger partial charge in [-0.25, -0.2) is 0 Å². The highest BCUT2D eigenvalue weighted by molar-refractivity contribution is 6.32. The third-order valence-electron chi connectivity index (χ3n) is 3.28. The average Bonchev–Trinajstić information content (AvgIpc) is 2.62. The molecule has 0 aliphatic heterocycles. The van der Waals surface area contributed by atoms with Gasteiger partial charge in [0, 0.05) is 17.8 Å². The molecule has 1 amide bonds. The van der Waals surface area contributed by atoms with Crippen molar-refractivity contribution in [2.75, 3.05) is 32.2 Å². The van der Waals surface area contributed by atoms with Gasteiger partial charge in [-0.1, -0.05) is 11.6 Å². The van der Waals surface area contributed by atoms with Crippen LogP contribution >= 0.6 is 11.6 Å². The monoisotopic (exact) mass is 364 g/mol. The summed E-state index contributed by atoms with van der Waals surface area (Å²) in [7, 11) is 1.50. The zero-order valence-electron chi connectivity index (χ0n) is 14.2. The number of carbonyl (C=O) groups is 1. The molecule has 25 heavy (non-hydrogen) atoms. The fourth-order valence-corrected chi connectivity index (χ4v) is 2.42. The Morgan fingerprint density at radius 2 is 1.92 bits per heavy atom. The number of hydrogen-bond donors (Lipinski definition) is 2. The Morgan fingerprint density at radius 1 is 1.20 bits per heavy atom.